The number of fused-ring (bicyclic) bond motifs is 4. The number of aliphatic hydroxyl groups excluding tert-OH is 1. The number of methoxy groups -OCH3 is 2. The number of aromatic hydroxyl groups is 1. The predicted octanol–water partition coefficient (Wildman–Crippen LogP) is 3.16. The van der Waals surface area contributed by atoms with Crippen molar-refractivity contribution in [3.63, 3.8) is 0 Å². The van der Waals surface area contributed by atoms with Gasteiger partial charge in [0.05, 0.1) is 45.1 Å². The molecule has 3 fully saturated rings. The highest BCUT2D eigenvalue weighted by Gasteiger charge is 2.56. The fraction of sp³-hybridized carbons (Fsp3) is 0.606. The van der Waals surface area contributed by atoms with E-state index in [1.165, 1.54) is 14.2 Å². The fourth-order valence-electron chi connectivity index (χ4n) is 7.26. The van der Waals surface area contributed by atoms with Crippen LogP contribution in [0.4, 0.5) is 0 Å². The lowest BCUT2D eigenvalue weighted by atomic mass is 9.66. The van der Waals surface area contributed by atoms with E-state index >= 15 is 0 Å². The lowest BCUT2D eigenvalue weighted by Crippen LogP contribution is -2.65. The Kier molecular flexibility index (Phi) is 7.97. The van der Waals surface area contributed by atoms with Crippen molar-refractivity contribution in [3.8, 4) is 28.7 Å². The SMILES string of the molecule is COc1cc([C@@H]2c3cc4c(cc3[C@@H](O[C@@H]3O[C@@H]5CO[C@@H](C)O[C@H]5[C@H](OC(C)(C)C)[C@H]3O)[C@H]3COC(=O)[C@H]23)OCO4)cc(OC)c1O. The second kappa shape index (κ2) is 11.7. The Balaban J connectivity index is 1.31. The molecule has 2 N–H and O–H groups in total. The zero-order valence-corrected chi connectivity index (χ0v) is 26.6. The summed E-state index contributed by atoms with van der Waals surface area (Å²) in [6.45, 7) is 7.85. The van der Waals surface area contributed by atoms with Crippen molar-refractivity contribution in [2.45, 2.75) is 82.3 Å². The van der Waals surface area contributed by atoms with Crippen molar-refractivity contribution >= 4 is 5.97 Å². The first-order chi connectivity index (χ1) is 22.0. The van der Waals surface area contributed by atoms with E-state index in [9.17, 15) is 15.0 Å². The van der Waals surface area contributed by atoms with Crippen LogP contribution in [0.3, 0.4) is 0 Å². The summed E-state index contributed by atoms with van der Waals surface area (Å²) in [5.74, 6) is -0.845. The molecule has 0 unspecified atom stereocenters. The summed E-state index contributed by atoms with van der Waals surface area (Å²) in [5, 5.41) is 22.4. The minimum absolute atomic E-state index is 0.0436. The molecule has 3 saturated heterocycles. The summed E-state index contributed by atoms with van der Waals surface area (Å²) in [5.41, 5.74) is 1.51. The molecule has 0 radical (unpaired) electrons. The van der Waals surface area contributed by atoms with E-state index in [2.05, 4.69) is 0 Å². The van der Waals surface area contributed by atoms with E-state index < -0.39 is 72.4 Å². The number of esters is 1. The van der Waals surface area contributed by atoms with Gasteiger partial charge in [0.15, 0.2) is 35.6 Å². The van der Waals surface area contributed by atoms with Crippen molar-refractivity contribution in [3.05, 3.63) is 41.0 Å². The van der Waals surface area contributed by atoms with E-state index in [-0.39, 0.29) is 37.3 Å². The highest BCUT2D eigenvalue weighted by Crippen LogP contribution is 2.57. The van der Waals surface area contributed by atoms with Crippen molar-refractivity contribution in [2.75, 3.05) is 34.2 Å². The molecular weight excluding hydrogens is 604 g/mol. The minimum Gasteiger partial charge on any atom is -0.502 e. The maximum atomic E-state index is 13.6. The summed E-state index contributed by atoms with van der Waals surface area (Å²) in [7, 11) is 2.89. The van der Waals surface area contributed by atoms with Crippen LogP contribution in [0.2, 0.25) is 0 Å². The molecule has 2 aromatic carbocycles. The van der Waals surface area contributed by atoms with Crippen LogP contribution in [0.1, 0.15) is 56.4 Å². The Labute approximate surface area is 266 Å². The molecule has 13 nitrogen and oxygen atoms in total. The molecular formula is C33H40O13. The maximum Gasteiger partial charge on any atom is 0.310 e. The van der Waals surface area contributed by atoms with Gasteiger partial charge < -0.3 is 57.6 Å². The van der Waals surface area contributed by atoms with Crippen LogP contribution in [0.25, 0.3) is 0 Å². The van der Waals surface area contributed by atoms with Crippen molar-refractivity contribution < 1.29 is 62.4 Å². The Bertz CT molecular complexity index is 1460. The molecule has 0 spiro atoms. The van der Waals surface area contributed by atoms with Crippen LogP contribution in [-0.4, -0.2) is 93.0 Å². The Morgan fingerprint density at radius 3 is 2.24 bits per heavy atom. The molecule has 13 heteroatoms. The summed E-state index contributed by atoms with van der Waals surface area (Å²) in [6.07, 6.45) is -5.57. The molecule has 7 rings (SSSR count). The number of benzene rings is 2. The number of cyclic esters (lactones) is 1. The largest absolute Gasteiger partial charge is 0.502 e. The van der Waals surface area contributed by atoms with Crippen molar-refractivity contribution in [2.24, 2.45) is 11.8 Å². The van der Waals surface area contributed by atoms with E-state index in [0.717, 1.165) is 11.1 Å². The van der Waals surface area contributed by atoms with E-state index in [1.54, 1.807) is 19.1 Å². The molecule has 0 bridgehead atoms. The number of phenolic OH excluding ortho intramolecular Hbond substituents is 1. The average molecular weight is 645 g/mol. The zero-order chi connectivity index (χ0) is 32.5. The van der Waals surface area contributed by atoms with Crippen LogP contribution < -0.4 is 18.9 Å². The molecule has 0 saturated carbocycles. The number of rotatable bonds is 6. The zero-order valence-electron chi connectivity index (χ0n) is 26.6. The lowest BCUT2D eigenvalue weighted by molar-refractivity contribution is -0.375. The molecule has 2 aromatic rings. The summed E-state index contributed by atoms with van der Waals surface area (Å²) >= 11 is 0. The number of hydrogen-bond acceptors (Lipinski definition) is 13. The lowest BCUT2D eigenvalue weighted by Gasteiger charge is -2.50. The second-order valence-electron chi connectivity index (χ2n) is 13.2. The Hall–Kier alpha value is -3.33. The average Bonchev–Trinajstić information content (AvgIpc) is 3.64. The molecule has 0 aromatic heterocycles. The molecule has 46 heavy (non-hydrogen) atoms. The standard InChI is InChI=1S/C33H40O13/c1-14-39-12-23-29(43-14)30(46-33(2,3)4)27(35)32(44-23)45-28-17-10-20-19(41-13-42-20)9-16(17)24(25-18(28)11-40-31(25)36)15-7-21(37-5)26(34)22(8-15)38-6/h7-10,14,18,23-25,27-30,32,34-35H,11-13H2,1-6H3/t14-,18+,23-,24-,25+,27-,28-,29-,30-,32+/m1/s1. The minimum atomic E-state index is -1.23. The van der Waals surface area contributed by atoms with Crippen LogP contribution >= 0.6 is 0 Å². The second-order valence-corrected chi connectivity index (χ2v) is 13.2. The van der Waals surface area contributed by atoms with Gasteiger partial charge in [-0.05, 0) is 68.7 Å². The van der Waals surface area contributed by atoms with Crippen LogP contribution in [0.5, 0.6) is 28.7 Å². The number of aliphatic hydroxyl groups is 1. The Morgan fingerprint density at radius 1 is 0.913 bits per heavy atom. The highest BCUT2D eigenvalue weighted by atomic mass is 16.8. The molecule has 0 amide bonds. The summed E-state index contributed by atoms with van der Waals surface area (Å²) < 4.78 is 59.3. The molecule has 1 aliphatic carbocycles. The third-order valence-corrected chi connectivity index (χ3v) is 9.21. The summed E-state index contributed by atoms with van der Waals surface area (Å²) in [6, 6.07) is 7.07. The first-order valence-corrected chi connectivity index (χ1v) is 15.5. The van der Waals surface area contributed by atoms with Gasteiger partial charge >= 0.3 is 5.97 Å². The van der Waals surface area contributed by atoms with Gasteiger partial charge in [-0.1, -0.05) is 0 Å². The van der Waals surface area contributed by atoms with Gasteiger partial charge in [-0.15, -0.1) is 0 Å². The number of hydrogen-bond donors (Lipinski definition) is 2. The topological polar surface area (TPSA) is 150 Å². The first-order valence-electron chi connectivity index (χ1n) is 15.5. The van der Waals surface area contributed by atoms with Gasteiger partial charge in [0.25, 0.3) is 0 Å². The monoisotopic (exact) mass is 644 g/mol. The number of carbonyl (C=O) groups is 1. The summed E-state index contributed by atoms with van der Waals surface area (Å²) in [4.78, 5) is 13.6. The van der Waals surface area contributed by atoms with Gasteiger partial charge in [-0.25, -0.2) is 0 Å². The van der Waals surface area contributed by atoms with Gasteiger partial charge in [0, 0.05) is 11.8 Å². The van der Waals surface area contributed by atoms with Gasteiger partial charge in [-0.3, -0.25) is 4.79 Å². The first kappa shape index (κ1) is 31.3. The normalized spacial score (nSPS) is 34.7. The smallest absolute Gasteiger partial charge is 0.310 e. The molecule has 5 aliphatic rings. The third-order valence-electron chi connectivity index (χ3n) is 9.21. The van der Waals surface area contributed by atoms with Crippen LogP contribution in [-0.2, 0) is 33.2 Å². The number of phenols is 1. The highest BCUT2D eigenvalue weighted by molar-refractivity contribution is 5.79. The van der Waals surface area contributed by atoms with E-state index in [0.29, 0.717) is 17.1 Å². The van der Waals surface area contributed by atoms with Gasteiger partial charge in [0.1, 0.15) is 24.4 Å². The number of carbonyl (C=O) groups excluding carboxylic acids is 1. The van der Waals surface area contributed by atoms with Crippen LogP contribution in [0.15, 0.2) is 24.3 Å². The van der Waals surface area contributed by atoms with Crippen LogP contribution in [0, 0.1) is 11.8 Å². The fourth-order valence-corrected chi connectivity index (χ4v) is 7.26. The maximum absolute atomic E-state index is 13.6. The molecule has 10 atom stereocenters. The number of ether oxygens (including phenoxy) is 10. The molecule has 4 aliphatic heterocycles. The third kappa shape index (κ3) is 5.32. The van der Waals surface area contributed by atoms with Crippen molar-refractivity contribution in [1.82, 2.24) is 0 Å². The predicted molar refractivity (Wildman–Crippen MR) is 157 cm³/mol. The molecule has 250 valence electrons. The molecule has 4 heterocycles. The van der Waals surface area contributed by atoms with Gasteiger partial charge in [0.2, 0.25) is 12.5 Å². The van der Waals surface area contributed by atoms with Gasteiger partial charge in [-0.2, -0.15) is 0 Å². The quantitative estimate of drug-likeness (QED) is 0.444. The van der Waals surface area contributed by atoms with Crippen molar-refractivity contribution in [1.29, 1.82) is 0 Å². The van der Waals surface area contributed by atoms with E-state index in [1.807, 2.05) is 32.9 Å². The van der Waals surface area contributed by atoms with E-state index in [4.69, 9.17) is 47.4 Å². The Morgan fingerprint density at radius 2 is 1.59 bits per heavy atom.